The number of ether oxygens (including phenoxy) is 2. The fraction of sp³-hybridized carbons (Fsp3) is 0.550. The van der Waals surface area contributed by atoms with E-state index < -0.39 is 17.4 Å². The van der Waals surface area contributed by atoms with Crippen molar-refractivity contribution >= 4 is 17.7 Å². The van der Waals surface area contributed by atoms with Gasteiger partial charge >= 0.3 is 11.9 Å². The molecule has 2 fully saturated rings. The molecule has 0 aromatic heterocycles. The molecule has 3 aliphatic rings. The molecule has 6 heteroatoms. The fourth-order valence-corrected chi connectivity index (χ4v) is 5.26. The smallest absolute Gasteiger partial charge is 0.308 e. The number of ketones is 1. The molecule has 1 saturated heterocycles. The van der Waals surface area contributed by atoms with Crippen LogP contribution in [-0.4, -0.2) is 30.3 Å². The van der Waals surface area contributed by atoms with Crippen LogP contribution in [0.2, 0.25) is 0 Å². The number of esters is 2. The predicted molar refractivity (Wildman–Crippen MR) is 93.2 cm³/mol. The Bertz CT molecular complexity index is 802. The van der Waals surface area contributed by atoms with E-state index in [9.17, 15) is 14.4 Å². The molecule has 1 heterocycles. The molecular formula is C20H23NO5. The highest BCUT2D eigenvalue weighted by Crippen LogP contribution is 2.54. The first-order chi connectivity index (χ1) is 12.4. The van der Waals surface area contributed by atoms with Crippen molar-refractivity contribution in [2.24, 2.45) is 5.92 Å². The normalized spacial score (nSPS) is 29.4. The highest BCUT2D eigenvalue weighted by Gasteiger charge is 2.56. The van der Waals surface area contributed by atoms with E-state index in [1.165, 1.54) is 13.8 Å². The van der Waals surface area contributed by atoms with Crippen LogP contribution in [0.3, 0.4) is 0 Å². The summed E-state index contributed by atoms with van der Waals surface area (Å²) < 4.78 is 10.7. The van der Waals surface area contributed by atoms with Crippen LogP contribution < -0.4 is 14.8 Å². The molecule has 4 rings (SSSR count). The second-order valence-electron chi connectivity index (χ2n) is 7.51. The minimum Gasteiger partial charge on any atom is -0.423 e. The van der Waals surface area contributed by atoms with Gasteiger partial charge in [-0.3, -0.25) is 14.4 Å². The van der Waals surface area contributed by atoms with Gasteiger partial charge < -0.3 is 14.8 Å². The highest BCUT2D eigenvalue weighted by atomic mass is 16.6. The van der Waals surface area contributed by atoms with Gasteiger partial charge in [0.25, 0.3) is 0 Å². The molecule has 0 radical (unpaired) electrons. The van der Waals surface area contributed by atoms with Crippen LogP contribution in [-0.2, 0) is 26.2 Å². The van der Waals surface area contributed by atoms with Crippen molar-refractivity contribution in [1.29, 1.82) is 0 Å². The Hall–Kier alpha value is -2.21. The number of carbonyl (C=O) groups excluding carboxylic acids is 3. The van der Waals surface area contributed by atoms with E-state index in [1.807, 2.05) is 6.07 Å². The molecule has 26 heavy (non-hydrogen) atoms. The topological polar surface area (TPSA) is 81.7 Å². The standard InChI is InChI=1S/C20H23NO5/c1-11(22)25-17-7-6-14-13(19(17)26-12(2)23)10-16-15-4-3-5-18(24)20(14,15)8-9-21-16/h6-7,15-16,21H,3-5,8-10H2,1-2H3/t15-,16+,20+/m0/s1. The van der Waals surface area contributed by atoms with Crippen molar-refractivity contribution in [1.82, 2.24) is 5.32 Å². The molecule has 6 nitrogen and oxygen atoms in total. The monoisotopic (exact) mass is 357 g/mol. The van der Waals surface area contributed by atoms with Crippen molar-refractivity contribution in [3.8, 4) is 11.5 Å². The van der Waals surface area contributed by atoms with Gasteiger partial charge in [-0.1, -0.05) is 6.07 Å². The number of hydrogen-bond acceptors (Lipinski definition) is 6. The van der Waals surface area contributed by atoms with E-state index in [4.69, 9.17) is 9.47 Å². The minimum atomic E-state index is -0.509. The maximum atomic E-state index is 13.1. The number of fused-ring (bicyclic) bond motifs is 1. The summed E-state index contributed by atoms with van der Waals surface area (Å²) in [6.07, 6.45) is 3.97. The van der Waals surface area contributed by atoms with Crippen LogP contribution in [0.5, 0.6) is 11.5 Å². The molecule has 3 atom stereocenters. The summed E-state index contributed by atoms with van der Waals surface area (Å²) in [7, 11) is 0. The zero-order valence-corrected chi connectivity index (χ0v) is 15.1. The van der Waals surface area contributed by atoms with Crippen LogP contribution in [0.4, 0.5) is 0 Å². The average molecular weight is 357 g/mol. The molecular weight excluding hydrogens is 334 g/mol. The van der Waals surface area contributed by atoms with E-state index >= 15 is 0 Å². The SMILES string of the molecule is CC(=O)Oc1ccc2c(c1OC(C)=O)C[C@H]1NCC[C@@]23C(=O)CCC[C@@H]13. The summed E-state index contributed by atoms with van der Waals surface area (Å²) in [4.78, 5) is 36.2. The first kappa shape index (κ1) is 17.2. The summed E-state index contributed by atoms with van der Waals surface area (Å²) in [6, 6.07) is 3.73. The van der Waals surface area contributed by atoms with Gasteiger partial charge in [0.15, 0.2) is 11.5 Å². The second-order valence-corrected chi connectivity index (χ2v) is 7.51. The van der Waals surface area contributed by atoms with Crippen molar-refractivity contribution < 1.29 is 23.9 Å². The lowest BCUT2D eigenvalue weighted by Crippen LogP contribution is -2.63. The largest absolute Gasteiger partial charge is 0.423 e. The molecule has 0 spiro atoms. The van der Waals surface area contributed by atoms with Crippen molar-refractivity contribution in [2.75, 3.05) is 6.54 Å². The minimum absolute atomic E-state index is 0.169. The van der Waals surface area contributed by atoms with E-state index in [2.05, 4.69) is 5.32 Å². The van der Waals surface area contributed by atoms with Gasteiger partial charge in [-0.05, 0) is 49.8 Å². The van der Waals surface area contributed by atoms with Gasteiger partial charge in [0.2, 0.25) is 0 Å². The summed E-state index contributed by atoms with van der Waals surface area (Å²) >= 11 is 0. The molecule has 1 N–H and O–H groups in total. The number of carbonyl (C=O) groups is 3. The van der Waals surface area contributed by atoms with Crippen molar-refractivity contribution in [2.45, 2.75) is 57.4 Å². The van der Waals surface area contributed by atoms with E-state index in [1.54, 1.807) is 6.07 Å². The van der Waals surface area contributed by atoms with Gasteiger partial charge in [0.05, 0.1) is 5.41 Å². The lowest BCUT2D eigenvalue weighted by atomic mass is 9.52. The van der Waals surface area contributed by atoms with E-state index in [0.717, 1.165) is 36.9 Å². The third kappa shape index (κ3) is 2.47. The molecule has 2 bridgehead atoms. The summed E-state index contributed by atoms with van der Waals surface area (Å²) in [5, 5.41) is 3.55. The van der Waals surface area contributed by atoms with Crippen LogP contribution in [0.25, 0.3) is 0 Å². The van der Waals surface area contributed by atoms with Gasteiger partial charge in [0, 0.05) is 31.9 Å². The van der Waals surface area contributed by atoms with E-state index in [0.29, 0.717) is 12.8 Å². The Morgan fingerprint density at radius 1 is 1.19 bits per heavy atom. The summed E-state index contributed by atoms with van der Waals surface area (Å²) in [6.45, 7) is 3.44. The fourth-order valence-electron chi connectivity index (χ4n) is 5.26. The number of benzene rings is 1. The maximum Gasteiger partial charge on any atom is 0.308 e. The Kier molecular flexibility index (Phi) is 4.10. The van der Waals surface area contributed by atoms with E-state index in [-0.39, 0.29) is 29.2 Å². The quantitative estimate of drug-likeness (QED) is 0.644. The molecule has 1 saturated carbocycles. The van der Waals surface area contributed by atoms with Gasteiger partial charge in [0.1, 0.15) is 5.78 Å². The zero-order valence-electron chi connectivity index (χ0n) is 15.1. The van der Waals surface area contributed by atoms with Crippen molar-refractivity contribution in [3.63, 3.8) is 0 Å². The number of hydrogen-bond donors (Lipinski definition) is 1. The molecule has 2 aliphatic carbocycles. The average Bonchev–Trinajstić information content (AvgIpc) is 2.56. The Morgan fingerprint density at radius 3 is 2.69 bits per heavy atom. The Balaban J connectivity index is 1.92. The molecule has 1 aliphatic heterocycles. The number of piperidine rings is 1. The first-order valence-electron chi connectivity index (χ1n) is 9.23. The van der Waals surface area contributed by atoms with Gasteiger partial charge in [-0.15, -0.1) is 0 Å². The Labute approximate surface area is 152 Å². The molecule has 0 amide bonds. The number of Topliss-reactive ketones (excluding diaryl/α,β-unsaturated/α-hetero) is 1. The molecule has 138 valence electrons. The number of rotatable bonds is 2. The zero-order chi connectivity index (χ0) is 18.5. The predicted octanol–water partition coefficient (Wildman–Crippen LogP) is 2.06. The molecule has 1 aromatic carbocycles. The lowest BCUT2D eigenvalue weighted by molar-refractivity contribution is -0.135. The third-order valence-corrected chi connectivity index (χ3v) is 6.09. The molecule has 1 aromatic rings. The number of nitrogens with one attached hydrogen (secondary N) is 1. The summed E-state index contributed by atoms with van der Waals surface area (Å²) in [5.41, 5.74) is 1.27. The summed E-state index contributed by atoms with van der Waals surface area (Å²) in [5.74, 6) is 0.138. The first-order valence-corrected chi connectivity index (χ1v) is 9.23. The Morgan fingerprint density at radius 2 is 1.96 bits per heavy atom. The third-order valence-electron chi connectivity index (χ3n) is 6.09. The van der Waals surface area contributed by atoms with Gasteiger partial charge in [-0.25, -0.2) is 0 Å². The lowest BCUT2D eigenvalue weighted by Gasteiger charge is -2.54. The highest BCUT2D eigenvalue weighted by molar-refractivity contribution is 5.93. The second kappa shape index (κ2) is 6.20. The van der Waals surface area contributed by atoms with Crippen LogP contribution in [0, 0.1) is 5.92 Å². The molecule has 0 unspecified atom stereocenters. The van der Waals surface area contributed by atoms with Gasteiger partial charge in [-0.2, -0.15) is 0 Å². The van der Waals surface area contributed by atoms with Crippen LogP contribution >= 0.6 is 0 Å². The maximum absolute atomic E-state index is 13.1. The van der Waals surface area contributed by atoms with Crippen molar-refractivity contribution in [3.05, 3.63) is 23.3 Å². The van der Waals surface area contributed by atoms with Crippen LogP contribution in [0.15, 0.2) is 12.1 Å². The van der Waals surface area contributed by atoms with Crippen LogP contribution in [0.1, 0.15) is 50.7 Å².